The molecule has 6 nitrogen and oxygen atoms in total. The van der Waals surface area contributed by atoms with E-state index in [2.05, 4.69) is 0 Å². The monoisotopic (exact) mass is 250 g/mol. The number of aliphatic hydroxyl groups is 1. The number of carboxylic acid groups (broad SMARTS) is 1. The van der Waals surface area contributed by atoms with Crippen LogP contribution in [-0.4, -0.2) is 35.2 Å². The Hall–Kier alpha value is -2.50. The highest BCUT2D eigenvalue weighted by atomic mass is 16.6. The maximum absolute atomic E-state index is 10.9. The van der Waals surface area contributed by atoms with Crippen molar-refractivity contribution in [3.05, 3.63) is 29.8 Å². The van der Waals surface area contributed by atoms with Crippen molar-refractivity contribution in [3.8, 4) is 11.5 Å². The molecule has 1 heterocycles. The molecule has 0 amide bonds. The Morgan fingerprint density at radius 1 is 1.11 bits per heavy atom. The van der Waals surface area contributed by atoms with Crippen molar-refractivity contribution in [3.63, 3.8) is 0 Å². The number of benzene rings is 1. The topological polar surface area (TPSA) is 93.1 Å². The van der Waals surface area contributed by atoms with Gasteiger partial charge in [-0.3, -0.25) is 4.79 Å². The summed E-state index contributed by atoms with van der Waals surface area (Å²) in [6.07, 6.45) is 0.647. The molecule has 0 atom stereocenters. The van der Waals surface area contributed by atoms with Crippen molar-refractivity contribution in [2.75, 3.05) is 13.2 Å². The molecule has 0 saturated heterocycles. The summed E-state index contributed by atoms with van der Waals surface area (Å²) in [5.41, 5.74) is 0.286. The van der Waals surface area contributed by atoms with Crippen molar-refractivity contribution in [1.29, 1.82) is 0 Å². The first-order valence-corrected chi connectivity index (χ1v) is 5.16. The molecule has 0 spiro atoms. The lowest BCUT2D eigenvalue weighted by atomic mass is 10.1. The molecule has 18 heavy (non-hydrogen) atoms. The second-order valence-electron chi connectivity index (χ2n) is 3.56. The predicted molar refractivity (Wildman–Crippen MR) is 60.7 cm³/mol. The zero-order valence-corrected chi connectivity index (χ0v) is 9.25. The summed E-state index contributed by atoms with van der Waals surface area (Å²) < 4.78 is 10.6. The first kappa shape index (κ1) is 12.0. The van der Waals surface area contributed by atoms with E-state index < -0.39 is 17.5 Å². The Labute approximate surface area is 102 Å². The van der Waals surface area contributed by atoms with Gasteiger partial charge in [0.15, 0.2) is 11.5 Å². The van der Waals surface area contributed by atoms with Gasteiger partial charge >= 0.3 is 5.97 Å². The first-order chi connectivity index (χ1) is 8.58. The van der Waals surface area contributed by atoms with Crippen LogP contribution in [0.15, 0.2) is 24.3 Å². The van der Waals surface area contributed by atoms with E-state index >= 15 is 0 Å². The van der Waals surface area contributed by atoms with Gasteiger partial charge in [0.25, 0.3) is 5.78 Å². The number of ketones is 1. The third kappa shape index (κ3) is 2.42. The molecule has 0 unspecified atom stereocenters. The van der Waals surface area contributed by atoms with E-state index in [1.807, 2.05) is 0 Å². The van der Waals surface area contributed by atoms with Gasteiger partial charge in [-0.2, -0.15) is 0 Å². The molecule has 0 saturated carbocycles. The molecule has 0 bridgehead atoms. The summed E-state index contributed by atoms with van der Waals surface area (Å²) in [6, 6.07) is 4.57. The minimum Gasteiger partial charge on any atom is -0.507 e. The summed E-state index contributed by atoms with van der Waals surface area (Å²) in [5.74, 6) is -2.26. The SMILES string of the molecule is O=C(O)C(=O)C=C(O)c1ccc2c(c1)OCCO2. The molecule has 1 aliphatic rings. The molecule has 0 radical (unpaired) electrons. The number of aliphatic carboxylic acids is 1. The largest absolute Gasteiger partial charge is 0.507 e. The molecule has 1 aliphatic heterocycles. The molecule has 6 heteroatoms. The lowest BCUT2D eigenvalue weighted by molar-refractivity contribution is -0.146. The zero-order chi connectivity index (χ0) is 13.1. The Balaban J connectivity index is 2.28. The van der Waals surface area contributed by atoms with Crippen LogP contribution in [0.25, 0.3) is 5.76 Å². The van der Waals surface area contributed by atoms with Gasteiger partial charge in [-0.25, -0.2) is 4.79 Å². The molecule has 0 aliphatic carbocycles. The Morgan fingerprint density at radius 2 is 1.78 bits per heavy atom. The van der Waals surface area contributed by atoms with Crippen LogP contribution in [0.1, 0.15) is 5.56 Å². The van der Waals surface area contributed by atoms with Crippen LogP contribution in [0.5, 0.6) is 11.5 Å². The van der Waals surface area contributed by atoms with E-state index in [9.17, 15) is 14.7 Å². The third-order valence-electron chi connectivity index (χ3n) is 2.32. The Kier molecular flexibility index (Phi) is 3.18. The van der Waals surface area contributed by atoms with Crippen molar-refractivity contribution < 1.29 is 29.3 Å². The highest BCUT2D eigenvalue weighted by molar-refractivity contribution is 6.38. The maximum Gasteiger partial charge on any atom is 0.376 e. The van der Waals surface area contributed by atoms with E-state index in [1.165, 1.54) is 12.1 Å². The van der Waals surface area contributed by atoms with Gasteiger partial charge in [0, 0.05) is 11.6 Å². The van der Waals surface area contributed by atoms with Crippen molar-refractivity contribution >= 4 is 17.5 Å². The van der Waals surface area contributed by atoms with Crippen LogP contribution in [0.4, 0.5) is 0 Å². The predicted octanol–water partition coefficient (Wildman–Crippen LogP) is 1.01. The van der Waals surface area contributed by atoms with E-state index in [1.54, 1.807) is 6.07 Å². The normalized spacial score (nSPS) is 14.1. The number of hydrogen-bond acceptors (Lipinski definition) is 5. The van der Waals surface area contributed by atoms with Crippen LogP contribution < -0.4 is 9.47 Å². The molecule has 1 aromatic carbocycles. The standard InChI is InChI=1S/C12H10O6/c13-8(6-9(14)12(15)16)7-1-2-10-11(5-7)18-4-3-17-10/h1-2,5-6,13H,3-4H2,(H,15,16). The van der Waals surface area contributed by atoms with Crippen molar-refractivity contribution in [2.24, 2.45) is 0 Å². The third-order valence-corrected chi connectivity index (χ3v) is 2.32. The number of hydrogen-bond donors (Lipinski definition) is 2. The number of carbonyl (C=O) groups excluding carboxylic acids is 1. The first-order valence-electron chi connectivity index (χ1n) is 5.16. The van der Waals surface area contributed by atoms with Gasteiger partial charge in [0.05, 0.1) is 0 Å². The molecule has 0 aromatic heterocycles. The van der Waals surface area contributed by atoms with Crippen molar-refractivity contribution in [1.82, 2.24) is 0 Å². The average Bonchev–Trinajstić information content (AvgIpc) is 2.37. The van der Waals surface area contributed by atoms with Gasteiger partial charge in [0.1, 0.15) is 19.0 Å². The van der Waals surface area contributed by atoms with Crippen LogP contribution in [0.3, 0.4) is 0 Å². The number of rotatable bonds is 3. The van der Waals surface area contributed by atoms with Crippen LogP contribution in [0, 0.1) is 0 Å². The summed E-state index contributed by atoms with van der Waals surface area (Å²) in [4.78, 5) is 21.3. The number of carboxylic acids is 1. The maximum atomic E-state index is 10.9. The van der Waals surface area contributed by atoms with Crippen LogP contribution in [0.2, 0.25) is 0 Å². The van der Waals surface area contributed by atoms with E-state index in [4.69, 9.17) is 14.6 Å². The van der Waals surface area contributed by atoms with Crippen LogP contribution in [-0.2, 0) is 9.59 Å². The zero-order valence-electron chi connectivity index (χ0n) is 9.25. The molecule has 94 valence electrons. The van der Waals surface area contributed by atoms with Crippen molar-refractivity contribution in [2.45, 2.75) is 0 Å². The molecular formula is C12H10O6. The summed E-state index contributed by atoms with van der Waals surface area (Å²) >= 11 is 0. The summed E-state index contributed by atoms with van der Waals surface area (Å²) in [5, 5.41) is 18.0. The molecular weight excluding hydrogens is 240 g/mol. The molecule has 0 fully saturated rings. The quantitative estimate of drug-likeness (QED) is 0.472. The lowest BCUT2D eigenvalue weighted by Gasteiger charge is -2.18. The molecule has 2 rings (SSSR count). The summed E-state index contributed by atoms with van der Waals surface area (Å²) in [6.45, 7) is 0.848. The van der Waals surface area contributed by atoms with Gasteiger partial charge in [-0.1, -0.05) is 0 Å². The highest BCUT2D eigenvalue weighted by Gasteiger charge is 2.15. The smallest absolute Gasteiger partial charge is 0.376 e. The second kappa shape index (κ2) is 4.79. The fourth-order valence-electron chi connectivity index (χ4n) is 1.47. The fourth-order valence-corrected chi connectivity index (χ4v) is 1.47. The Bertz CT molecular complexity index is 531. The minimum absolute atomic E-state index is 0.286. The highest BCUT2D eigenvalue weighted by Crippen LogP contribution is 2.32. The number of carbonyl (C=O) groups is 2. The van der Waals surface area contributed by atoms with Gasteiger partial charge in [0.2, 0.25) is 0 Å². The van der Waals surface area contributed by atoms with E-state index in [0.29, 0.717) is 30.8 Å². The number of ether oxygens (including phenoxy) is 2. The van der Waals surface area contributed by atoms with E-state index in [-0.39, 0.29) is 5.56 Å². The molecule has 1 aromatic rings. The van der Waals surface area contributed by atoms with Crippen LogP contribution >= 0.6 is 0 Å². The molecule has 2 N–H and O–H groups in total. The van der Waals surface area contributed by atoms with E-state index in [0.717, 1.165) is 0 Å². The van der Waals surface area contributed by atoms with Gasteiger partial charge in [-0.15, -0.1) is 0 Å². The van der Waals surface area contributed by atoms with Gasteiger partial charge in [-0.05, 0) is 18.2 Å². The Morgan fingerprint density at radius 3 is 2.44 bits per heavy atom. The lowest BCUT2D eigenvalue weighted by Crippen LogP contribution is -2.15. The minimum atomic E-state index is -1.63. The second-order valence-corrected chi connectivity index (χ2v) is 3.56. The number of fused-ring (bicyclic) bond motifs is 1. The number of aliphatic hydroxyl groups excluding tert-OH is 1. The fraction of sp³-hybridized carbons (Fsp3) is 0.167. The summed E-state index contributed by atoms with van der Waals surface area (Å²) in [7, 11) is 0. The van der Waals surface area contributed by atoms with Gasteiger partial charge < -0.3 is 19.7 Å². The average molecular weight is 250 g/mol.